The van der Waals surface area contributed by atoms with E-state index in [1.54, 1.807) is 12.1 Å². The van der Waals surface area contributed by atoms with Crippen molar-refractivity contribution in [3.8, 4) is 0 Å². The van der Waals surface area contributed by atoms with Crippen LogP contribution in [0.5, 0.6) is 0 Å². The van der Waals surface area contributed by atoms with E-state index in [2.05, 4.69) is 5.32 Å². The molecule has 17 heavy (non-hydrogen) atoms. The quantitative estimate of drug-likeness (QED) is 0.854. The van der Waals surface area contributed by atoms with Crippen LogP contribution in [0.1, 0.15) is 32.3 Å². The third-order valence-corrected chi connectivity index (χ3v) is 3.26. The normalized spacial score (nSPS) is 15.7. The first-order valence-electron chi connectivity index (χ1n) is 6.03. The molecule has 0 unspecified atom stereocenters. The van der Waals surface area contributed by atoms with Gasteiger partial charge in [-0.15, -0.1) is 0 Å². The van der Waals surface area contributed by atoms with Crippen molar-refractivity contribution in [3.05, 3.63) is 35.6 Å². The smallest absolute Gasteiger partial charge is 0.223 e. The molecule has 1 saturated carbocycles. The molecule has 1 fully saturated rings. The van der Waals surface area contributed by atoms with E-state index < -0.39 is 0 Å². The lowest BCUT2D eigenvalue weighted by Crippen LogP contribution is -2.37. The number of benzene rings is 1. The average Bonchev–Trinajstić information content (AvgIpc) is 3.10. The Kier molecular flexibility index (Phi) is 3.18. The van der Waals surface area contributed by atoms with Gasteiger partial charge in [0.15, 0.2) is 0 Å². The van der Waals surface area contributed by atoms with Gasteiger partial charge in [0.25, 0.3) is 0 Å². The highest BCUT2D eigenvalue weighted by atomic mass is 19.1. The fourth-order valence-electron chi connectivity index (χ4n) is 1.90. The first kappa shape index (κ1) is 12.1. The number of hydrogen-bond donors (Lipinski definition) is 1. The van der Waals surface area contributed by atoms with Gasteiger partial charge in [0.05, 0.1) is 0 Å². The molecule has 1 amide bonds. The van der Waals surface area contributed by atoms with Gasteiger partial charge >= 0.3 is 0 Å². The monoisotopic (exact) mass is 235 g/mol. The predicted octanol–water partition coefficient (Wildman–Crippen LogP) is 2.63. The van der Waals surface area contributed by atoms with Gasteiger partial charge in [0.2, 0.25) is 5.91 Å². The van der Waals surface area contributed by atoms with Gasteiger partial charge in [0, 0.05) is 17.9 Å². The summed E-state index contributed by atoms with van der Waals surface area (Å²) in [6, 6.07) is 6.74. The van der Waals surface area contributed by atoms with Crippen LogP contribution in [0.2, 0.25) is 0 Å². The maximum atomic E-state index is 13.7. The number of rotatable bonds is 4. The number of carbonyl (C=O) groups is 1. The molecular formula is C14H18FNO. The van der Waals surface area contributed by atoms with Crippen LogP contribution in [-0.2, 0) is 10.2 Å². The summed E-state index contributed by atoms with van der Waals surface area (Å²) >= 11 is 0. The van der Waals surface area contributed by atoms with E-state index in [0.717, 1.165) is 12.8 Å². The summed E-state index contributed by atoms with van der Waals surface area (Å²) in [5, 5.41) is 2.90. The Morgan fingerprint density at radius 2 is 2.06 bits per heavy atom. The molecule has 3 heteroatoms. The summed E-state index contributed by atoms with van der Waals surface area (Å²) in [7, 11) is 0. The van der Waals surface area contributed by atoms with E-state index in [9.17, 15) is 9.18 Å². The molecule has 2 rings (SSSR count). The first-order chi connectivity index (χ1) is 8.00. The molecule has 0 spiro atoms. The third-order valence-electron chi connectivity index (χ3n) is 3.26. The number of halogens is 1. The predicted molar refractivity (Wildman–Crippen MR) is 65.2 cm³/mol. The molecule has 1 aliphatic carbocycles. The van der Waals surface area contributed by atoms with E-state index in [-0.39, 0.29) is 23.1 Å². The molecule has 0 radical (unpaired) electrons. The van der Waals surface area contributed by atoms with Crippen LogP contribution < -0.4 is 5.32 Å². The second kappa shape index (κ2) is 4.47. The summed E-state index contributed by atoms with van der Waals surface area (Å²) in [6.45, 7) is 4.36. The zero-order chi connectivity index (χ0) is 12.5. The Morgan fingerprint density at radius 3 is 2.65 bits per heavy atom. The lowest BCUT2D eigenvalue weighted by molar-refractivity contribution is -0.122. The van der Waals surface area contributed by atoms with Gasteiger partial charge < -0.3 is 5.32 Å². The number of amides is 1. The molecule has 0 aliphatic heterocycles. The van der Waals surface area contributed by atoms with Crippen molar-refractivity contribution in [2.75, 3.05) is 6.54 Å². The highest BCUT2D eigenvalue weighted by Crippen LogP contribution is 2.30. The Balaban J connectivity index is 2.02. The minimum absolute atomic E-state index is 0.106. The standard InChI is InChI=1S/C14H18FNO/c1-14(2,9-16-13(17)10-7-8-10)11-5-3-4-6-12(11)15/h3-6,10H,7-9H2,1-2H3,(H,16,17). The summed E-state index contributed by atoms with van der Waals surface area (Å²) in [5.41, 5.74) is 0.270. The van der Waals surface area contributed by atoms with Crippen LogP contribution in [-0.4, -0.2) is 12.5 Å². The lowest BCUT2D eigenvalue weighted by atomic mass is 9.84. The number of carbonyl (C=O) groups excluding carboxylic acids is 1. The molecule has 2 nitrogen and oxygen atoms in total. The highest BCUT2D eigenvalue weighted by Gasteiger charge is 2.31. The molecule has 1 aromatic carbocycles. The molecule has 0 saturated heterocycles. The summed E-state index contributed by atoms with van der Waals surface area (Å²) in [5.74, 6) is 0.0963. The fraction of sp³-hybridized carbons (Fsp3) is 0.500. The van der Waals surface area contributed by atoms with Crippen molar-refractivity contribution < 1.29 is 9.18 Å². The molecule has 1 N–H and O–H groups in total. The second-order valence-electron chi connectivity index (χ2n) is 5.36. The fourth-order valence-corrected chi connectivity index (χ4v) is 1.90. The summed E-state index contributed by atoms with van der Waals surface area (Å²) in [4.78, 5) is 11.6. The van der Waals surface area contributed by atoms with Crippen molar-refractivity contribution in [1.29, 1.82) is 0 Å². The number of nitrogens with one attached hydrogen (secondary N) is 1. The van der Waals surface area contributed by atoms with Crippen molar-refractivity contribution in [2.24, 2.45) is 5.92 Å². The van der Waals surface area contributed by atoms with Crippen molar-refractivity contribution >= 4 is 5.91 Å². The molecule has 1 aliphatic rings. The first-order valence-corrected chi connectivity index (χ1v) is 6.03. The van der Waals surface area contributed by atoms with Crippen molar-refractivity contribution in [1.82, 2.24) is 5.32 Å². The van der Waals surface area contributed by atoms with Gasteiger partial charge in [-0.3, -0.25) is 4.79 Å². The molecule has 92 valence electrons. The van der Waals surface area contributed by atoms with Crippen LogP contribution in [0, 0.1) is 11.7 Å². The van der Waals surface area contributed by atoms with Gasteiger partial charge in [0.1, 0.15) is 5.82 Å². The van der Waals surface area contributed by atoms with Crippen LogP contribution in [0.25, 0.3) is 0 Å². The van der Waals surface area contributed by atoms with E-state index in [4.69, 9.17) is 0 Å². The summed E-state index contributed by atoms with van der Waals surface area (Å²) in [6.07, 6.45) is 1.98. The number of hydrogen-bond acceptors (Lipinski definition) is 1. The zero-order valence-electron chi connectivity index (χ0n) is 10.3. The van der Waals surface area contributed by atoms with Crippen LogP contribution in [0.3, 0.4) is 0 Å². The molecule has 0 aromatic heterocycles. The Morgan fingerprint density at radius 1 is 1.41 bits per heavy atom. The topological polar surface area (TPSA) is 29.1 Å². The minimum atomic E-state index is -0.379. The van der Waals surface area contributed by atoms with Crippen LogP contribution in [0.4, 0.5) is 4.39 Å². The van der Waals surface area contributed by atoms with E-state index in [1.807, 2.05) is 19.9 Å². The molecule has 0 atom stereocenters. The average molecular weight is 235 g/mol. The van der Waals surface area contributed by atoms with E-state index in [0.29, 0.717) is 12.1 Å². The molecule has 0 bridgehead atoms. The molecule has 0 heterocycles. The second-order valence-corrected chi connectivity index (χ2v) is 5.36. The maximum Gasteiger partial charge on any atom is 0.223 e. The van der Waals surface area contributed by atoms with Gasteiger partial charge in [-0.2, -0.15) is 0 Å². The van der Waals surface area contributed by atoms with Crippen LogP contribution in [0.15, 0.2) is 24.3 Å². The third kappa shape index (κ3) is 2.84. The van der Waals surface area contributed by atoms with Gasteiger partial charge in [-0.05, 0) is 24.5 Å². The molecular weight excluding hydrogens is 217 g/mol. The minimum Gasteiger partial charge on any atom is -0.355 e. The Bertz CT molecular complexity index is 424. The van der Waals surface area contributed by atoms with Crippen LogP contribution >= 0.6 is 0 Å². The van der Waals surface area contributed by atoms with Crippen molar-refractivity contribution in [2.45, 2.75) is 32.1 Å². The largest absolute Gasteiger partial charge is 0.355 e. The summed E-state index contributed by atoms with van der Waals surface area (Å²) < 4.78 is 13.7. The van der Waals surface area contributed by atoms with E-state index >= 15 is 0 Å². The SMILES string of the molecule is CC(C)(CNC(=O)C1CC1)c1ccccc1F. The highest BCUT2D eigenvalue weighted by molar-refractivity contribution is 5.80. The zero-order valence-corrected chi connectivity index (χ0v) is 10.3. The Hall–Kier alpha value is -1.38. The van der Waals surface area contributed by atoms with Crippen molar-refractivity contribution in [3.63, 3.8) is 0 Å². The Labute approximate surface area is 101 Å². The van der Waals surface area contributed by atoms with Gasteiger partial charge in [-0.1, -0.05) is 32.0 Å². The maximum absolute atomic E-state index is 13.7. The van der Waals surface area contributed by atoms with Gasteiger partial charge in [-0.25, -0.2) is 4.39 Å². The lowest BCUT2D eigenvalue weighted by Gasteiger charge is -2.26. The van der Waals surface area contributed by atoms with E-state index in [1.165, 1.54) is 6.07 Å². The molecule has 1 aromatic rings.